The third-order valence-electron chi connectivity index (χ3n) is 4.74. The van der Waals surface area contributed by atoms with Crippen LogP contribution < -0.4 is 0 Å². The van der Waals surface area contributed by atoms with Crippen molar-refractivity contribution in [3.63, 3.8) is 0 Å². The minimum Gasteiger partial charge on any atom is -0.481 e. The Balaban J connectivity index is 2.13. The lowest BCUT2D eigenvalue weighted by Gasteiger charge is -2.39. The third kappa shape index (κ3) is 2.78. The van der Waals surface area contributed by atoms with Crippen LogP contribution in [-0.4, -0.2) is 55.7 Å². The molecule has 2 fully saturated rings. The van der Waals surface area contributed by atoms with Crippen LogP contribution >= 0.6 is 0 Å². The zero-order valence-corrected chi connectivity index (χ0v) is 13.1. The van der Waals surface area contributed by atoms with Gasteiger partial charge in [0.05, 0.1) is 23.7 Å². The van der Waals surface area contributed by atoms with Gasteiger partial charge in [-0.1, -0.05) is 6.42 Å². The molecule has 1 aliphatic heterocycles. The lowest BCUT2D eigenvalue weighted by atomic mass is 9.70. The van der Waals surface area contributed by atoms with E-state index in [2.05, 4.69) is 0 Å². The topological polar surface area (TPSA) is 101 Å². The van der Waals surface area contributed by atoms with Gasteiger partial charge in [-0.05, 0) is 26.2 Å². The highest BCUT2D eigenvalue weighted by Gasteiger charge is 2.52. The van der Waals surface area contributed by atoms with E-state index in [1.807, 2.05) is 0 Å². The van der Waals surface area contributed by atoms with Crippen molar-refractivity contribution >= 4 is 22.0 Å². The second-order valence-corrected chi connectivity index (χ2v) is 8.30. The number of methoxy groups -OCH3 is 1. The highest BCUT2D eigenvalue weighted by Crippen LogP contribution is 2.44. The Morgan fingerprint density at radius 1 is 1.29 bits per heavy atom. The summed E-state index contributed by atoms with van der Waals surface area (Å²) < 4.78 is 30.9. The van der Waals surface area contributed by atoms with Gasteiger partial charge in [0.25, 0.3) is 0 Å². The Morgan fingerprint density at radius 3 is 2.29 bits per heavy atom. The first kappa shape index (κ1) is 16.2. The van der Waals surface area contributed by atoms with Crippen molar-refractivity contribution in [2.75, 3.05) is 26.0 Å². The molecule has 21 heavy (non-hydrogen) atoms. The van der Waals surface area contributed by atoms with Crippen LogP contribution in [0.1, 0.15) is 32.6 Å². The summed E-state index contributed by atoms with van der Waals surface area (Å²) in [6.45, 7) is 1.69. The molecule has 0 spiro atoms. The van der Waals surface area contributed by atoms with E-state index in [0.29, 0.717) is 12.8 Å². The molecule has 1 atom stereocenters. The van der Waals surface area contributed by atoms with Crippen LogP contribution in [0.2, 0.25) is 0 Å². The van der Waals surface area contributed by atoms with Gasteiger partial charge in [0, 0.05) is 13.1 Å². The average Bonchev–Trinajstić information content (AvgIpc) is 2.78. The van der Waals surface area contributed by atoms with Crippen molar-refractivity contribution in [1.82, 2.24) is 4.31 Å². The van der Waals surface area contributed by atoms with Crippen LogP contribution in [0.15, 0.2) is 0 Å². The van der Waals surface area contributed by atoms with Gasteiger partial charge >= 0.3 is 11.9 Å². The number of carboxylic acid groups (broad SMARTS) is 1. The standard InChI is InChI=1S/C13H21NO6S/c1-12(10(15)16)6-7-14(8-12)21(18,19)9-13(4-3-5-13)11(17)20-2/h3-9H2,1-2H3,(H,15,16). The summed E-state index contributed by atoms with van der Waals surface area (Å²) in [6, 6.07) is 0. The molecule has 1 unspecified atom stereocenters. The Bertz CT molecular complexity index is 553. The van der Waals surface area contributed by atoms with E-state index < -0.39 is 32.8 Å². The van der Waals surface area contributed by atoms with E-state index in [-0.39, 0.29) is 25.3 Å². The average molecular weight is 319 g/mol. The molecule has 0 radical (unpaired) electrons. The number of rotatable bonds is 5. The molecule has 8 heteroatoms. The summed E-state index contributed by atoms with van der Waals surface area (Å²) >= 11 is 0. The largest absolute Gasteiger partial charge is 0.481 e. The van der Waals surface area contributed by atoms with Gasteiger partial charge < -0.3 is 9.84 Å². The third-order valence-corrected chi connectivity index (χ3v) is 6.75. The first-order valence-electron chi connectivity index (χ1n) is 6.95. The van der Waals surface area contributed by atoms with E-state index in [1.165, 1.54) is 11.4 Å². The summed E-state index contributed by atoms with van der Waals surface area (Å²) in [5.74, 6) is -1.77. The van der Waals surface area contributed by atoms with Crippen LogP contribution in [0.25, 0.3) is 0 Å². The summed E-state index contributed by atoms with van der Waals surface area (Å²) in [5, 5.41) is 9.18. The molecule has 1 N–H and O–H groups in total. The Labute approximate surface area is 124 Å². The highest BCUT2D eigenvalue weighted by atomic mass is 32.2. The molecule has 0 aromatic heterocycles. The lowest BCUT2D eigenvalue weighted by Crippen LogP contribution is -2.48. The van der Waals surface area contributed by atoms with Gasteiger partial charge in [-0.15, -0.1) is 0 Å². The van der Waals surface area contributed by atoms with E-state index in [1.54, 1.807) is 6.92 Å². The Kier molecular flexibility index (Phi) is 4.05. The monoisotopic (exact) mass is 319 g/mol. The SMILES string of the molecule is COC(=O)C1(CS(=O)(=O)N2CCC(C)(C(=O)O)C2)CCC1. The fourth-order valence-electron chi connectivity index (χ4n) is 3.00. The van der Waals surface area contributed by atoms with E-state index in [4.69, 9.17) is 4.74 Å². The van der Waals surface area contributed by atoms with Gasteiger partial charge in [0.15, 0.2) is 0 Å². The van der Waals surface area contributed by atoms with Gasteiger partial charge in [-0.2, -0.15) is 0 Å². The van der Waals surface area contributed by atoms with Crippen molar-refractivity contribution in [3.05, 3.63) is 0 Å². The Morgan fingerprint density at radius 2 is 1.90 bits per heavy atom. The van der Waals surface area contributed by atoms with Crippen molar-refractivity contribution in [2.45, 2.75) is 32.6 Å². The number of carbonyl (C=O) groups is 2. The Hall–Kier alpha value is -1.15. The molecule has 0 aromatic rings. The maximum Gasteiger partial charge on any atom is 0.312 e. The van der Waals surface area contributed by atoms with Crippen molar-refractivity contribution < 1.29 is 27.9 Å². The number of carbonyl (C=O) groups excluding carboxylic acids is 1. The van der Waals surface area contributed by atoms with Crippen LogP contribution in [0.4, 0.5) is 0 Å². The maximum atomic E-state index is 12.5. The number of aliphatic carboxylic acids is 1. The van der Waals surface area contributed by atoms with Crippen molar-refractivity contribution in [1.29, 1.82) is 0 Å². The summed E-state index contributed by atoms with van der Waals surface area (Å²) in [6.07, 6.45) is 2.09. The van der Waals surface area contributed by atoms with Gasteiger partial charge in [-0.3, -0.25) is 9.59 Å². The molecule has 1 saturated heterocycles. The number of ether oxygens (including phenoxy) is 1. The summed E-state index contributed by atoms with van der Waals surface area (Å²) in [5.41, 5.74) is -2.00. The van der Waals surface area contributed by atoms with E-state index in [0.717, 1.165) is 6.42 Å². The van der Waals surface area contributed by atoms with E-state index in [9.17, 15) is 23.1 Å². The normalized spacial score (nSPS) is 28.9. The molecule has 1 aliphatic carbocycles. The summed E-state index contributed by atoms with van der Waals surface area (Å²) in [4.78, 5) is 23.1. The van der Waals surface area contributed by atoms with Crippen LogP contribution in [0, 0.1) is 10.8 Å². The molecule has 0 amide bonds. The van der Waals surface area contributed by atoms with Crippen molar-refractivity contribution in [3.8, 4) is 0 Å². The lowest BCUT2D eigenvalue weighted by molar-refractivity contribution is -0.156. The van der Waals surface area contributed by atoms with Crippen LogP contribution in [-0.2, 0) is 24.3 Å². The number of nitrogens with zero attached hydrogens (tertiary/aromatic N) is 1. The number of hydrogen-bond acceptors (Lipinski definition) is 5. The molecule has 1 saturated carbocycles. The fourth-order valence-corrected chi connectivity index (χ4v) is 5.14. The number of hydrogen-bond donors (Lipinski definition) is 1. The predicted octanol–water partition coefficient (Wildman–Crippen LogP) is 0.456. The molecule has 120 valence electrons. The zero-order chi connectivity index (χ0) is 15.9. The van der Waals surface area contributed by atoms with Gasteiger partial charge in [-0.25, -0.2) is 12.7 Å². The molecule has 0 bridgehead atoms. The van der Waals surface area contributed by atoms with Crippen LogP contribution in [0.5, 0.6) is 0 Å². The quantitative estimate of drug-likeness (QED) is 0.739. The smallest absolute Gasteiger partial charge is 0.312 e. The highest BCUT2D eigenvalue weighted by molar-refractivity contribution is 7.89. The fraction of sp³-hybridized carbons (Fsp3) is 0.846. The predicted molar refractivity (Wildman–Crippen MR) is 74.0 cm³/mol. The van der Waals surface area contributed by atoms with E-state index >= 15 is 0 Å². The maximum absolute atomic E-state index is 12.5. The molecule has 1 heterocycles. The number of esters is 1. The first-order valence-corrected chi connectivity index (χ1v) is 8.56. The minimum absolute atomic E-state index is 0.0398. The van der Waals surface area contributed by atoms with Gasteiger partial charge in [0.2, 0.25) is 10.0 Å². The zero-order valence-electron chi connectivity index (χ0n) is 12.3. The van der Waals surface area contributed by atoms with Crippen LogP contribution in [0.3, 0.4) is 0 Å². The summed E-state index contributed by atoms with van der Waals surface area (Å²) in [7, 11) is -2.41. The first-order chi connectivity index (χ1) is 9.65. The molecule has 7 nitrogen and oxygen atoms in total. The van der Waals surface area contributed by atoms with Crippen molar-refractivity contribution in [2.24, 2.45) is 10.8 Å². The number of carboxylic acids is 1. The van der Waals surface area contributed by atoms with Gasteiger partial charge in [0.1, 0.15) is 0 Å². The molecular formula is C13H21NO6S. The molecular weight excluding hydrogens is 298 g/mol. The second kappa shape index (κ2) is 5.24. The number of sulfonamides is 1. The molecule has 2 aliphatic rings. The second-order valence-electron chi connectivity index (χ2n) is 6.33. The molecule has 0 aromatic carbocycles. The minimum atomic E-state index is -3.67. The molecule has 2 rings (SSSR count).